The molecule has 1 aromatic carbocycles. The Labute approximate surface area is 194 Å². The summed E-state index contributed by atoms with van der Waals surface area (Å²) in [5.74, 6) is -1.29. The zero-order valence-electron chi connectivity index (χ0n) is 17.3. The minimum absolute atomic E-state index is 0.109. The summed E-state index contributed by atoms with van der Waals surface area (Å²) in [7, 11) is -1.88. The summed E-state index contributed by atoms with van der Waals surface area (Å²) in [6.45, 7) is 0. The summed E-state index contributed by atoms with van der Waals surface area (Å²) >= 11 is 0.694. The number of hydrogen-bond acceptors (Lipinski definition) is 8. The number of alkyl halides is 3. The summed E-state index contributed by atoms with van der Waals surface area (Å²) in [5, 5.41) is 2.05. The van der Waals surface area contributed by atoms with Crippen molar-refractivity contribution in [2.24, 2.45) is 0 Å². The van der Waals surface area contributed by atoms with Crippen LogP contribution in [-0.2, 0) is 14.8 Å². The number of imide groups is 1. The number of carbonyl (C=O) groups excluding carboxylic acids is 2. The van der Waals surface area contributed by atoms with E-state index in [1.54, 1.807) is 0 Å². The van der Waals surface area contributed by atoms with Gasteiger partial charge >= 0.3 is 6.36 Å². The van der Waals surface area contributed by atoms with Gasteiger partial charge in [-0.25, -0.2) is 12.7 Å². The number of thioether (sulfide) groups is 1. The molecule has 0 atom stereocenters. The Balaban J connectivity index is 1.83. The molecule has 0 spiro atoms. The lowest BCUT2D eigenvalue weighted by atomic mass is 10.1. The molecular formula is C20H14F3N3O6S2. The Kier molecular flexibility index (Phi) is 5.91. The van der Waals surface area contributed by atoms with Crippen LogP contribution in [0.4, 0.5) is 18.0 Å². The second-order valence-corrected chi connectivity index (χ2v) is 10.2. The summed E-state index contributed by atoms with van der Waals surface area (Å²) in [4.78, 5) is 26.6. The average Bonchev–Trinajstić information content (AvgIpc) is 3.27. The normalized spacial score (nSPS) is 16.0. The van der Waals surface area contributed by atoms with Crippen molar-refractivity contribution < 1.29 is 40.3 Å². The number of nitrogens with one attached hydrogen (secondary N) is 1. The third-order valence-electron chi connectivity index (χ3n) is 4.60. The molecule has 1 saturated heterocycles. The number of pyridine rings is 1. The molecule has 1 aliphatic heterocycles. The number of halogens is 3. The van der Waals surface area contributed by atoms with Gasteiger partial charge in [0.2, 0.25) is 10.0 Å². The second-order valence-electron chi connectivity index (χ2n) is 7.10. The number of furan rings is 1. The first kappa shape index (κ1) is 23.8. The summed E-state index contributed by atoms with van der Waals surface area (Å²) in [6, 6.07) is 4.77. The van der Waals surface area contributed by atoms with Crippen LogP contribution in [0.25, 0.3) is 28.2 Å². The van der Waals surface area contributed by atoms with Gasteiger partial charge in [0.25, 0.3) is 11.1 Å². The molecule has 3 heterocycles. The first-order valence-electron chi connectivity index (χ1n) is 9.30. The zero-order chi connectivity index (χ0) is 24.8. The molecule has 2 aromatic heterocycles. The van der Waals surface area contributed by atoms with Crippen molar-refractivity contribution in [3.63, 3.8) is 0 Å². The van der Waals surface area contributed by atoms with E-state index in [4.69, 9.17) is 4.42 Å². The highest BCUT2D eigenvalue weighted by Crippen LogP contribution is 2.38. The average molecular weight is 513 g/mol. The lowest BCUT2D eigenvalue weighted by Gasteiger charge is -2.17. The van der Waals surface area contributed by atoms with Gasteiger partial charge < -0.3 is 9.15 Å². The molecule has 0 radical (unpaired) electrons. The highest BCUT2D eigenvalue weighted by Gasteiger charge is 2.35. The molecular weight excluding hydrogens is 499 g/mol. The van der Waals surface area contributed by atoms with E-state index >= 15 is 0 Å². The largest absolute Gasteiger partial charge is 0.573 e. The molecule has 4 rings (SSSR count). The Morgan fingerprint density at radius 1 is 1.18 bits per heavy atom. The molecule has 0 bridgehead atoms. The molecule has 9 nitrogen and oxygen atoms in total. The molecule has 3 aromatic rings. The van der Waals surface area contributed by atoms with Gasteiger partial charge in [0.15, 0.2) is 0 Å². The van der Waals surface area contributed by atoms with Crippen molar-refractivity contribution in [2.45, 2.75) is 11.3 Å². The molecule has 1 fully saturated rings. The number of rotatable bonds is 5. The second kappa shape index (κ2) is 8.45. The number of hydrogen-bond donors (Lipinski definition) is 1. The van der Waals surface area contributed by atoms with Gasteiger partial charge in [0.1, 0.15) is 22.0 Å². The maximum atomic E-state index is 13.0. The highest BCUT2D eigenvalue weighted by atomic mass is 32.2. The summed E-state index contributed by atoms with van der Waals surface area (Å²) < 4.78 is 74.6. The smallest absolute Gasteiger partial charge is 0.456 e. The molecule has 0 aliphatic carbocycles. The molecule has 34 heavy (non-hydrogen) atoms. The molecule has 14 heteroatoms. The number of ether oxygens (including phenoxy) is 1. The number of aromatic nitrogens is 1. The number of carbonyl (C=O) groups is 2. The van der Waals surface area contributed by atoms with E-state index in [9.17, 15) is 31.2 Å². The Hall–Kier alpha value is -3.36. The molecule has 178 valence electrons. The maximum Gasteiger partial charge on any atom is 0.573 e. The lowest BCUT2D eigenvalue weighted by Crippen LogP contribution is -2.25. The predicted octanol–water partition coefficient (Wildman–Crippen LogP) is 3.97. The van der Waals surface area contributed by atoms with E-state index in [2.05, 4.69) is 15.0 Å². The number of amides is 2. The Morgan fingerprint density at radius 2 is 1.91 bits per heavy atom. The van der Waals surface area contributed by atoms with Crippen LogP contribution in [0.2, 0.25) is 0 Å². The molecule has 0 unspecified atom stereocenters. The van der Waals surface area contributed by atoms with Crippen LogP contribution in [0.1, 0.15) is 5.76 Å². The van der Waals surface area contributed by atoms with Crippen molar-refractivity contribution in [1.29, 1.82) is 0 Å². The van der Waals surface area contributed by atoms with Crippen molar-refractivity contribution >= 4 is 50.0 Å². The lowest BCUT2D eigenvalue weighted by molar-refractivity contribution is -0.275. The minimum Gasteiger partial charge on any atom is -0.456 e. The van der Waals surface area contributed by atoms with Crippen molar-refractivity contribution in [2.75, 3.05) is 14.1 Å². The summed E-state index contributed by atoms with van der Waals surface area (Å²) in [5.41, 5.74) is 0.618. The van der Waals surface area contributed by atoms with E-state index in [0.29, 0.717) is 17.1 Å². The third-order valence-corrected chi connectivity index (χ3v) is 7.26. The van der Waals surface area contributed by atoms with Crippen LogP contribution in [0.3, 0.4) is 0 Å². The SMILES string of the molecule is CN(C)S(=O)(=O)c1ccc(-c2cncc3cc(/C=C4\SC(=O)NC4=O)oc23)cc1OC(F)(F)F. The van der Waals surface area contributed by atoms with Crippen LogP contribution >= 0.6 is 11.8 Å². The first-order valence-corrected chi connectivity index (χ1v) is 11.6. The topological polar surface area (TPSA) is 119 Å². The summed E-state index contributed by atoms with van der Waals surface area (Å²) in [6.07, 6.45) is -1.02. The fourth-order valence-corrected chi connectivity index (χ4v) is 4.75. The number of nitrogens with zero attached hydrogens (tertiary/aromatic N) is 2. The molecule has 0 saturated carbocycles. The van der Waals surface area contributed by atoms with Gasteiger partial charge in [-0.1, -0.05) is 6.07 Å². The zero-order valence-corrected chi connectivity index (χ0v) is 19.0. The number of benzene rings is 1. The fourth-order valence-electron chi connectivity index (χ4n) is 3.10. The van der Waals surface area contributed by atoms with Crippen molar-refractivity contribution in [3.05, 3.63) is 47.3 Å². The standard InChI is InChI=1S/C20H14F3N3O6S2/c1-26(2)34(29,30)16-4-3-10(6-14(16)32-20(21,22)23)13-9-24-8-11-5-12(31-17(11)13)7-15-18(27)25-19(28)33-15/h3-9H,1-2H3,(H,25,27,28)/b15-7-. The predicted molar refractivity (Wildman–Crippen MR) is 116 cm³/mol. The van der Waals surface area contributed by atoms with Crippen LogP contribution in [0.15, 0.2) is 50.9 Å². The third kappa shape index (κ3) is 4.64. The van der Waals surface area contributed by atoms with E-state index < -0.39 is 38.2 Å². The van der Waals surface area contributed by atoms with Gasteiger partial charge in [0.05, 0.1) is 4.91 Å². The van der Waals surface area contributed by atoms with Crippen LogP contribution in [0, 0.1) is 0 Å². The van der Waals surface area contributed by atoms with Gasteiger partial charge in [-0.3, -0.25) is 19.9 Å². The first-order chi connectivity index (χ1) is 15.8. The van der Waals surface area contributed by atoms with Crippen LogP contribution in [0.5, 0.6) is 5.75 Å². The monoisotopic (exact) mass is 513 g/mol. The van der Waals surface area contributed by atoms with Gasteiger partial charge in [0, 0.05) is 43.5 Å². The number of fused-ring (bicyclic) bond motifs is 1. The van der Waals surface area contributed by atoms with Crippen molar-refractivity contribution in [1.82, 2.24) is 14.6 Å². The van der Waals surface area contributed by atoms with Gasteiger partial charge in [-0.15, -0.1) is 13.2 Å². The van der Waals surface area contributed by atoms with Crippen LogP contribution < -0.4 is 10.1 Å². The maximum absolute atomic E-state index is 13.0. The van der Waals surface area contributed by atoms with E-state index in [0.717, 1.165) is 16.4 Å². The molecule has 1 N–H and O–H groups in total. The minimum atomic E-state index is -5.14. The van der Waals surface area contributed by atoms with Gasteiger partial charge in [-0.2, -0.15) is 0 Å². The quantitative estimate of drug-likeness (QED) is 0.509. The Morgan fingerprint density at radius 3 is 2.53 bits per heavy atom. The number of sulfonamides is 1. The Bertz CT molecular complexity index is 1460. The van der Waals surface area contributed by atoms with Crippen LogP contribution in [-0.4, -0.2) is 49.3 Å². The highest BCUT2D eigenvalue weighted by molar-refractivity contribution is 8.18. The van der Waals surface area contributed by atoms with Crippen molar-refractivity contribution in [3.8, 4) is 16.9 Å². The van der Waals surface area contributed by atoms with E-state index in [1.165, 1.54) is 44.7 Å². The van der Waals surface area contributed by atoms with E-state index in [-0.39, 0.29) is 27.4 Å². The fraction of sp³-hybridized carbons (Fsp3) is 0.150. The van der Waals surface area contributed by atoms with Gasteiger partial charge in [-0.05, 0) is 35.5 Å². The van der Waals surface area contributed by atoms with E-state index in [1.807, 2.05) is 0 Å². The molecule has 2 amide bonds. The molecule has 1 aliphatic rings.